The van der Waals surface area contributed by atoms with Gasteiger partial charge in [0.05, 0.1) is 6.54 Å². The van der Waals surface area contributed by atoms with E-state index in [9.17, 15) is 9.59 Å². The Kier molecular flexibility index (Phi) is 5.17. The maximum Gasteiger partial charge on any atom is 0.265 e. The van der Waals surface area contributed by atoms with Gasteiger partial charge in [0.1, 0.15) is 11.2 Å². The summed E-state index contributed by atoms with van der Waals surface area (Å²) < 4.78 is 17.6. The van der Waals surface area contributed by atoms with E-state index < -0.39 is 18.0 Å². The van der Waals surface area contributed by atoms with Crippen LogP contribution in [0.3, 0.4) is 0 Å². The number of pyridine rings is 2. The van der Waals surface area contributed by atoms with Crippen molar-refractivity contribution < 1.29 is 19.0 Å². The average Bonchev–Trinajstić information content (AvgIpc) is 3.10. The number of hydrogen-bond acceptors (Lipinski definition) is 6. The first kappa shape index (κ1) is 18.2. The van der Waals surface area contributed by atoms with Crippen molar-refractivity contribution in [1.82, 2.24) is 14.9 Å². The van der Waals surface area contributed by atoms with Crippen LogP contribution >= 0.6 is 0 Å². The fourth-order valence-electron chi connectivity index (χ4n) is 2.88. The first-order valence-electron chi connectivity index (χ1n) is 8.25. The molecular formula is C18H21N3O5. The van der Waals surface area contributed by atoms with Crippen LogP contribution in [0.25, 0.3) is 11.0 Å². The summed E-state index contributed by atoms with van der Waals surface area (Å²) >= 11 is 0. The molecule has 3 heterocycles. The number of rotatable bonds is 6. The van der Waals surface area contributed by atoms with Crippen molar-refractivity contribution >= 4 is 16.9 Å². The van der Waals surface area contributed by atoms with Gasteiger partial charge in [-0.3, -0.25) is 14.2 Å². The number of carbonyl (C=O) groups excluding carboxylic acids is 1. The topological polar surface area (TPSA) is 91.7 Å². The maximum atomic E-state index is 12.7. The number of fused-ring (bicyclic) bond motifs is 1. The largest absolute Gasteiger partial charge is 0.352 e. The highest BCUT2D eigenvalue weighted by Gasteiger charge is 2.36. The van der Waals surface area contributed by atoms with E-state index in [0.29, 0.717) is 12.2 Å². The second-order valence-corrected chi connectivity index (χ2v) is 5.80. The standard InChI is InChI=1S/C18H21N3O5/c1-4-21-15-12(6-5-9-19-15)10-13(17(21)23)16(22)20-11-18(25-3)8-7-14(24-2)26-18/h5-10,14H,4,11H2,1-3H3,(H,20,22)/t14-,18-/m1/s1. The van der Waals surface area contributed by atoms with Crippen molar-refractivity contribution in [3.05, 3.63) is 52.5 Å². The molecule has 1 aliphatic rings. The Labute approximate surface area is 150 Å². The molecule has 0 aromatic carbocycles. The van der Waals surface area contributed by atoms with Crippen molar-refractivity contribution in [2.24, 2.45) is 0 Å². The third-order valence-corrected chi connectivity index (χ3v) is 4.30. The van der Waals surface area contributed by atoms with E-state index in [4.69, 9.17) is 14.2 Å². The normalized spacial score (nSPS) is 22.0. The molecule has 0 radical (unpaired) electrons. The second-order valence-electron chi connectivity index (χ2n) is 5.80. The van der Waals surface area contributed by atoms with Gasteiger partial charge >= 0.3 is 0 Å². The molecule has 0 saturated heterocycles. The minimum atomic E-state index is -1.13. The molecule has 8 nitrogen and oxygen atoms in total. The zero-order valence-electron chi connectivity index (χ0n) is 14.9. The average molecular weight is 359 g/mol. The molecule has 138 valence electrons. The van der Waals surface area contributed by atoms with Crippen LogP contribution in [-0.4, -0.2) is 48.3 Å². The molecule has 0 fully saturated rings. The van der Waals surface area contributed by atoms with Crippen LogP contribution in [0.15, 0.2) is 41.3 Å². The SMILES string of the molecule is CCn1c(=O)c(C(=O)NC[C@@]2(OC)C=C[C@H](OC)O2)cc2cccnc21. The first-order valence-corrected chi connectivity index (χ1v) is 8.25. The molecule has 3 rings (SSSR count). The summed E-state index contributed by atoms with van der Waals surface area (Å²) in [5, 5.41) is 3.42. The highest BCUT2D eigenvalue weighted by Crippen LogP contribution is 2.24. The third kappa shape index (κ3) is 3.26. The molecule has 2 aromatic rings. The molecular weight excluding hydrogens is 338 g/mol. The van der Waals surface area contributed by atoms with E-state index in [-0.39, 0.29) is 17.7 Å². The second kappa shape index (κ2) is 7.36. The minimum absolute atomic E-state index is 0.0370. The van der Waals surface area contributed by atoms with Crippen molar-refractivity contribution in [1.29, 1.82) is 0 Å². The maximum absolute atomic E-state index is 12.7. The quantitative estimate of drug-likeness (QED) is 0.775. The van der Waals surface area contributed by atoms with Gasteiger partial charge in [-0.1, -0.05) is 0 Å². The van der Waals surface area contributed by atoms with Crippen molar-refractivity contribution in [3.63, 3.8) is 0 Å². The predicted molar refractivity (Wildman–Crippen MR) is 94.8 cm³/mol. The molecule has 1 amide bonds. The summed E-state index contributed by atoms with van der Waals surface area (Å²) in [6.45, 7) is 2.28. The van der Waals surface area contributed by atoms with Crippen molar-refractivity contribution in [2.45, 2.75) is 25.5 Å². The Morgan fingerprint density at radius 2 is 2.27 bits per heavy atom. The van der Waals surface area contributed by atoms with Crippen LogP contribution < -0.4 is 10.9 Å². The van der Waals surface area contributed by atoms with Gasteiger partial charge in [0.2, 0.25) is 5.79 Å². The summed E-state index contributed by atoms with van der Waals surface area (Å²) in [5.74, 6) is -1.63. The summed E-state index contributed by atoms with van der Waals surface area (Å²) in [4.78, 5) is 29.5. The van der Waals surface area contributed by atoms with E-state index >= 15 is 0 Å². The van der Waals surface area contributed by atoms with Crippen LogP contribution in [0.4, 0.5) is 0 Å². The fraction of sp³-hybridized carbons (Fsp3) is 0.389. The number of nitrogens with one attached hydrogen (secondary N) is 1. The van der Waals surface area contributed by atoms with E-state index in [1.807, 2.05) is 13.0 Å². The molecule has 1 N–H and O–H groups in total. The Balaban J connectivity index is 1.86. The number of hydrogen-bond donors (Lipinski definition) is 1. The molecule has 26 heavy (non-hydrogen) atoms. The highest BCUT2D eigenvalue weighted by molar-refractivity contribution is 5.96. The van der Waals surface area contributed by atoms with Gasteiger partial charge in [-0.05, 0) is 37.3 Å². The Morgan fingerprint density at radius 3 is 2.92 bits per heavy atom. The molecule has 0 bridgehead atoms. The zero-order chi connectivity index (χ0) is 18.7. The van der Waals surface area contributed by atoms with Gasteiger partial charge in [-0.15, -0.1) is 0 Å². The summed E-state index contributed by atoms with van der Waals surface area (Å²) in [7, 11) is 2.98. The monoisotopic (exact) mass is 359 g/mol. The summed E-state index contributed by atoms with van der Waals surface area (Å²) in [6, 6.07) is 5.12. The predicted octanol–water partition coefficient (Wildman–Crippen LogP) is 1.05. The fourth-order valence-corrected chi connectivity index (χ4v) is 2.88. The number of ether oxygens (including phenoxy) is 3. The van der Waals surface area contributed by atoms with Crippen LogP contribution in [0.1, 0.15) is 17.3 Å². The van der Waals surface area contributed by atoms with Crippen LogP contribution in [0.5, 0.6) is 0 Å². The molecule has 0 aliphatic carbocycles. The molecule has 2 aromatic heterocycles. The van der Waals surface area contributed by atoms with Gasteiger partial charge in [-0.25, -0.2) is 4.98 Å². The highest BCUT2D eigenvalue weighted by atomic mass is 16.8. The zero-order valence-corrected chi connectivity index (χ0v) is 14.9. The molecule has 2 atom stereocenters. The third-order valence-electron chi connectivity index (χ3n) is 4.30. The number of amides is 1. The lowest BCUT2D eigenvalue weighted by Gasteiger charge is -2.27. The van der Waals surface area contributed by atoms with Gasteiger partial charge in [-0.2, -0.15) is 0 Å². The van der Waals surface area contributed by atoms with E-state index in [2.05, 4.69) is 10.3 Å². The lowest BCUT2D eigenvalue weighted by Crippen LogP contribution is -2.45. The lowest BCUT2D eigenvalue weighted by molar-refractivity contribution is -0.238. The molecule has 0 unspecified atom stereocenters. The molecule has 0 saturated carbocycles. The summed E-state index contributed by atoms with van der Waals surface area (Å²) in [5.41, 5.74) is 0.207. The Hall–Kier alpha value is -2.55. The Bertz CT molecular complexity index is 907. The number of methoxy groups -OCH3 is 2. The molecule has 8 heteroatoms. The number of nitrogens with zero attached hydrogens (tertiary/aromatic N) is 2. The van der Waals surface area contributed by atoms with E-state index in [1.54, 1.807) is 30.5 Å². The number of aromatic nitrogens is 2. The van der Waals surface area contributed by atoms with Gasteiger partial charge in [0.15, 0.2) is 6.29 Å². The minimum Gasteiger partial charge on any atom is -0.352 e. The first-order chi connectivity index (χ1) is 12.5. The van der Waals surface area contributed by atoms with Crippen LogP contribution in [-0.2, 0) is 20.8 Å². The smallest absolute Gasteiger partial charge is 0.265 e. The van der Waals surface area contributed by atoms with Crippen molar-refractivity contribution in [2.75, 3.05) is 20.8 Å². The van der Waals surface area contributed by atoms with Crippen LogP contribution in [0, 0.1) is 0 Å². The van der Waals surface area contributed by atoms with Gasteiger partial charge in [0, 0.05) is 32.3 Å². The van der Waals surface area contributed by atoms with E-state index in [0.717, 1.165) is 5.39 Å². The van der Waals surface area contributed by atoms with Crippen LogP contribution in [0.2, 0.25) is 0 Å². The summed E-state index contributed by atoms with van der Waals surface area (Å²) in [6.07, 6.45) is 4.44. The Morgan fingerprint density at radius 1 is 1.46 bits per heavy atom. The lowest BCUT2D eigenvalue weighted by atomic mass is 10.1. The van der Waals surface area contributed by atoms with Gasteiger partial charge in [0.25, 0.3) is 11.5 Å². The number of carbonyl (C=O) groups is 1. The number of aryl methyl sites for hydroxylation is 1. The molecule has 0 spiro atoms. The van der Waals surface area contributed by atoms with Crippen molar-refractivity contribution in [3.8, 4) is 0 Å². The molecule has 1 aliphatic heterocycles. The van der Waals surface area contributed by atoms with Gasteiger partial charge < -0.3 is 19.5 Å². The van der Waals surface area contributed by atoms with E-state index in [1.165, 1.54) is 18.8 Å².